The van der Waals surface area contributed by atoms with Crippen molar-refractivity contribution in [2.45, 2.75) is 10.8 Å². The van der Waals surface area contributed by atoms with Crippen molar-refractivity contribution < 1.29 is 14.1 Å². The summed E-state index contributed by atoms with van der Waals surface area (Å²) < 4.78 is 17.7. The van der Waals surface area contributed by atoms with E-state index in [1.165, 1.54) is 88.2 Å². The lowest BCUT2D eigenvalue weighted by Crippen LogP contribution is -2.86. The first-order chi connectivity index (χ1) is 32.8. The number of quaternary nitrogens is 1. The number of nitrogens with zero attached hydrogens (tertiary/aromatic N) is 7. The Morgan fingerprint density at radius 2 is 0.788 bits per heavy atom. The van der Waals surface area contributed by atoms with Gasteiger partial charge in [-0.15, -0.1) is 0 Å². The van der Waals surface area contributed by atoms with E-state index in [0.29, 0.717) is 11.5 Å². The topological polar surface area (TPSA) is 52.6 Å². The van der Waals surface area contributed by atoms with Gasteiger partial charge in [-0.05, 0) is 90.3 Å². The highest BCUT2D eigenvalue weighted by atomic mass is 16.5. The molecule has 19 rings (SSSR count). The predicted octanol–water partition coefficient (Wildman–Crippen LogP) is 10.9. The maximum absolute atomic E-state index is 7.40. The standard InChI is InChI=1S/C58H30N7O/c1-5-21-39-31(13-1)32-14-2-6-22-40(32)57(39)43-25-9-17-35-37-19-11-27-61-55(37)63(47(35)43)49-51-45(29-59-53(49)57)66-46-30-60-54-50-52(46)65(51,61)62-28-12-20-38-36-18-10-26-44(48(36)64(50)56(38)62)58(54)41-23-7-3-15-33(41)34-16-4-8-24-42(34)58/h1-30H/q+3. The van der Waals surface area contributed by atoms with Crippen molar-refractivity contribution in [3.8, 4) is 45.1 Å². The van der Waals surface area contributed by atoms with E-state index in [-0.39, 0.29) is 4.70 Å². The molecule has 0 unspecified atom stereocenters. The van der Waals surface area contributed by atoms with Gasteiger partial charge in [0.2, 0.25) is 22.9 Å². The first-order valence-corrected chi connectivity index (χ1v) is 22.8. The maximum atomic E-state index is 7.40. The second-order valence-electron chi connectivity index (χ2n) is 19.0. The smallest absolute Gasteiger partial charge is 0.350 e. The predicted molar refractivity (Wildman–Crippen MR) is 252 cm³/mol. The summed E-state index contributed by atoms with van der Waals surface area (Å²) in [5.41, 5.74) is 21.9. The van der Waals surface area contributed by atoms with Gasteiger partial charge < -0.3 is 4.74 Å². The molecule has 0 radical (unpaired) electrons. The summed E-state index contributed by atoms with van der Waals surface area (Å²) in [6, 6.07) is 59.0. The molecule has 7 aliphatic rings. The van der Waals surface area contributed by atoms with Crippen LogP contribution in [0.25, 0.3) is 77.5 Å². The van der Waals surface area contributed by atoms with Crippen LogP contribution >= 0.6 is 0 Å². The van der Waals surface area contributed by atoms with Crippen molar-refractivity contribution >= 4 is 55.2 Å². The average molecular weight is 841 g/mol. The van der Waals surface area contributed by atoms with Crippen molar-refractivity contribution in [3.63, 3.8) is 0 Å². The Morgan fingerprint density at radius 3 is 1.21 bits per heavy atom. The van der Waals surface area contributed by atoms with Gasteiger partial charge in [-0.25, -0.2) is 0 Å². The normalized spacial score (nSPS) is 16.7. The number of pyridine rings is 4. The number of benzene rings is 6. The van der Waals surface area contributed by atoms with Crippen molar-refractivity contribution in [1.82, 2.24) is 23.8 Å². The zero-order valence-electron chi connectivity index (χ0n) is 34.9. The Kier molecular flexibility index (Phi) is 4.77. The van der Waals surface area contributed by atoms with E-state index < -0.39 is 10.8 Å². The molecule has 0 fully saturated rings. The minimum absolute atomic E-state index is 0.186. The van der Waals surface area contributed by atoms with E-state index in [0.717, 1.165) is 45.4 Å². The molecular weight excluding hydrogens is 811 g/mol. The summed E-state index contributed by atoms with van der Waals surface area (Å²) in [6.07, 6.45) is 8.60. The van der Waals surface area contributed by atoms with Crippen LogP contribution in [0.4, 0.5) is 11.4 Å². The molecular formula is C58H30N7O+3. The summed E-state index contributed by atoms with van der Waals surface area (Å²) in [5.74, 6) is 1.43. The number of hydrogen-bond donors (Lipinski definition) is 0. The fraction of sp³-hybridized carbons (Fsp3) is 0.0345. The molecule has 0 amide bonds. The van der Waals surface area contributed by atoms with Crippen molar-refractivity contribution in [3.05, 3.63) is 227 Å². The van der Waals surface area contributed by atoms with E-state index >= 15 is 0 Å². The Bertz CT molecular complexity index is 4100. The van der Waals surface area contributed by atoms with Gasteiger partial charge in [-0.2, -0.15) is 9.13 Å². The van der Waals surface area contributed by atoms with Crippen LogP contribution in [-0.4, -0.2) is 19.1 Å². The number of aromatic nitrogens is 6. The summed E-state index contributed by atoms with van der Waals surface area (Å²) in [5, 5.41) is 4.81. The molecule has 2 aliphatic carbocycles. The van der Waals surface area contributed by atoms with Gasteiger partial charge in [0.25, 0.3) is 0 Å². The summed E-state index contributed by atoms with van der Waals surface area (Å²) in [7, 11) is 0. The number of ether oxygens (including phenoxy) is 1. The quantitative estimate of drug-likeness (QED) is 0.113. The molecule has 0 bridgehead atoms. The minimum Gasteiger partial charge on any atom is -0.440 e. The van der Waals surface area contributed by atoms with Crippen LogP contribution in [0.2, 0.25) is 0 Å². The Labute approximate surface area is 374 Å². The number of hydrogen-bond acceptors (Lipinski definition) is 3. The molecule has 8 nitrogen and oxygen atoms in total. The van der Waals surface area contributed by atoms with Gasteiger partial charge in [0.1, 0.15) is 22.4 Å². The monoisotopic (exact) mass is 840 g/mol. The number of para-hydroxylation sites is 2. The van der Waals surface area contributed by atoms with Gasteiger partial charge in [-0.1, -0.05) is 121 Å². The summed E-state index contributed by atoms with van der Waals surface area (Å²) in [4.78, 5) is 11.4. The molecule has 6 aromatic carbocycles. The van der Waals surface area contributed by atoms with E-state index in [2.05, 4.69) is 189 Å². The first kappa shape index (κ1) is 32.0. The van der Waals surface area contributed by atoms with Crippen LogP contribution in [0.15, 0.2) is 183 Å². The second kappa shape index (κ2) is 9.83. The van der Waals surface area contributed by atoms with Crippen LogP contribution in [0.3, 0.4) is 0 Å². The largest absolute Gasteiger partial charge is 0.440 e. The van der Waals surface area contributed by atoms with Gasteiger partial charge in [0.15, 0.2) is 12.4 Å². The van der Waals surface area contributed by atoms with Crippen LogP contribution < -0.4 is 18.8 Å². The van der Waals surface area contributed by atoms with Gasteiger partial charge in [0, 0.05) is 21.9 Å². The van der Waals surface area contributed by atoms with Gasteiger partial charge >= 0.3 is 22.7 Å². The van der Waals surface area contributed by atoms with Crippen LogP contribution in [0, 0.1) is 0 Å². The molecule has 6 aromatic heterocycles. The average Bonchev–Trinajstić information content (AvgIpc) is 4.09. The lowest BCUT2D eigenvalue weighted by molar-refractivity contribution is -1.02. The molecule has 11 heterocycles. The summed E-state index contributed by atoms with van der Waals surface area (Å²) >= 11 is 0. The maximum Gasteiger partial charge on any atom is 0.350 e. The molecule has 8 heteroatoms. The highest BCUT2D eigenvalue weighted by Crippen LogP contribution is 2.68. The second-order valence-corrected chi connectivity index (χ2v) is 19.0. The fourth-order valence-corrected chi connectivity index (χ4v) is 14.8. The van der Waals surface area contributed by atoms with E-state index in [9.17, 15) is 0 Å². The minimum atomic E-state index is -0.705. The third-order valence-electron chi connectivity index (χ3n) is 16.7. The lowest BCUT2D eigenvalue weighted by atomic mass is 9.67. The third-order valence-corrected chi connectivity index (χ3v) is 16.7. The molecule has 0 saturated carbocycles. The van der Waals surface area contributed by atoms with Crippen molar-refractivity contribution in [1.29, 1.82) is 0 Å². The molecule has 0 atom stereocenters. The van der Waals surface area contributed by atoms with Crippen LogP contribution in [-0.2, 0) is 10.8 Å². The number of rotatable bonds is 0. The zero-order chi connectivity index (χ0) is 42.2. The molecule has 12 aromatic rings. The van der Waals surface area contributed by atoms with Gasteiger partial charge in [0.05, 0.1) is 38.7 Å². The molecule has 0 saturated heterocycles. The van der Waals surface area contributed by atoms with Crippen LogP contribution in [0.5, 0.6) is 11.5 Å². The fourth-order valence-electron chi connectivity index (χ4n) is 14.8. The Hall–Kier alpha value is -8.72. The molecule has 3 spiro atoms. The Balaban J connectivity index is 1.09. The molecule has 300 valence electrons. The van der Waals surface area contributed by atoms with E-state index in [4.69, 9.17) is 14.7 Å². The molecule has 66 heavy (non-hydrogen) atoms. The van der Waals surface area contributed by atoms with Gasteiger partial charge in [-0.3, -0.25) is 9.97 Å². The Morgan fingerprint density at radius 1 is 0.409 bits per heavy atom. The summed E-state index contributed by atoms with van der Waals surface area (Å²) in [6.45, 7) is 0. The molecule has 0 N–H and O–H groups in total. The van der Waals surface area contributed by atoms with Crippen molar-refractivity contribution in [2.24, 2.45) is 0 Å². The SMILES string of the molecule is c1ccc2c(c1)-c1ccccc1C21c2ncc3c4c2-n2c5c1cccc5c1ccc[n+](c12)[N+]41c2c(cnc4c2-n2c5c(cccc5c5ccc[n+]1c52)C41c2ccccc2-c2ccccc21)O3. The van der Waals surface area contributed by atoms with E-state index in [1.807, 2.05) is 12.4 Å². The van der Waals surface area contributed by atoms with Crippen molar-refractivity contribution in [2.75, 3.05) is 0 Å². The van der Waals surface area contributed by atoms with Crippen LogP contribution in [0.1, 0.15) is 44.8 Å². The van der Waals surface area contributed by atoms with E-state index in [1.54, 1.807) is 0 Å². The first-order valence-electron chi connectivity index (χ1n) is 22.8. The highest BCUT2D eigenvalue weighted by Gasteiger charge is 2.72. The zero-order valence-corrected chi connectivity index (χ0v) is 34.9. The number of fused-ring (bicyclic) bond motifs is 16. The third kappa shape index (κ3) is 2.80. The highest BCUT2D eigenvalue weighted by molar-refractivity contribution is 6.14. The lowest BCUT2D eigenvalue weighted by Gasteiger charge is -2.43. The molecule has 5 aliphatic heterocycles.